The SMILES string of the molecule is COc1ccc(CCN2CCCCC2)cc1CCN1CCC(n2ccc3ccc(C(N)=O)cc32)CC1. The second kappa shape index (κ2) is 11.5. The van der Waals surface area contributed by atoms with E-state index in [0.29, 0.717) is 11.6 Å². The number of carbonyl (C=O) groups is 1. The molecule has 1 aromatic heterocycles. The number of nitrogens with zero attached hydrogens (tertiary/aromatic N) is 3. The summed E-state index contributed by atoms with van der Waals surface area (Å²) in [5.74, 6) is 0.640. The predicted molar refractivity (Wildman–Crippen MR) is 146 cm³/mol. The molecule has 2 aliphatic heterocycles. The Morgan fingerprint density at radius 2 is 1.67 bits per heavy atom. The maximum atomic E-state index is 11.7. The summed E-state index contributed by atoms with van der Waals surface area (Å²) >= 11 is 0. The van der Waals surface area contributed by atoms with Gasteiger partial charge >= 0.3 is 0 Å². The fraction of sp³-hybridized carbons (Fsp3) is 0.500. The minimum atomic E-state index is -0.370. The number of nitrogens with two attached hydrogens (primary N) is 1. The van der Waals surface area contributed by atoms with Crippen LogP contribution in [0.4, 0.5) is 0 Å². The van der Waals surface area contributed by atoms with Gasteiger partial charge < -0.3 is 24.8 Å². The van der Waals surface area contributed by atoms with E-state index in [4.69, 9.17) is 10.5 Å². The summed E-state index contributed by atoms with van der Waals surface area (Å²) in [5, 5.41) is 1.16. The highest BCUT2D eigenvalue weighted by Gasteiger charge is 2.22. The van der Waals surface area contributed by atoms with Crippen LogP contribution in [0.2, 0.25) is 0 Å². The molecule has 5 rings (SSSR count). The van der Waals surface area contributed by atoms with Gasteiger partial charge in [-0.25, -0.2) is 0 Å². The third-order valence-corrected chi connectivity index (χ3v) is 8.17. The molecule has 0 atom stereocenters. The zero-order valence-electron chi connectivity index (χ0n) is 21.6. The monoisotopic (exact) mass is 488 g/mol. The van der Waals surface area contributed by atoms with Crippen LogP contribution in [0.25, 0.3) is 10.9 Å². The highest BCUT2D eigenvalue weighted by molar-refractivity contribution is 5.97. The minimum Gasteiger partial charge on any atom is -0.496 e. The Kier molecular flexibility index (Phi) is 7.93. The van der Waals surface area contributed by atoms with Crippen LogP contribution in [0.15, 0.2) is 48.7 Å². The molecule has 0 saturated carbocycles. The number of aromatic nitrogens is 1. The number of benzene rings is 2. The number of carbonyl (C=O) groups excluding carboxylic acids is 1. The van der Waals surface area contributed by atoms with Crippen molar-refractivity contribution in [3.63, 3.8) is 0 Å². The first-order valence-corrected chi connectivity index (χ1v) is 13.6. The molecule has 6 heteroatoms. The Balaban J connectivity index is 1.16. The minimum absolute atomic E-state index is 0.370. The highest BCUT2D eigenvalue weighted by atomic mass is 16.5. The van der Waals surface area contributed by atoms with Crippen molar-refractivity contribution in [1.29, 1.82) is 0 Å². The van der Waals surface area contributed by atoms with Gasteiger partial charge in [0.25, 0.3) is 0 Å². The van der Waals surface area contributed by atoms with Crippen LogP contribution in [0, 0.1) is 0 Å². The van der Waals surface area contributed by atoms with E-state index in [1.54, 1.807) is 7.11 Å². The van der Waals surface area contributed by atoms with Crippen molar-refractivity contribution in [1.82, 2.24) is 14.4 Å². The summed E-state index contributed by atoms with van der Waals surface area (Å²) < 4.78 is 8.04. The number of methoxy groups -OCH3 is 1. The first kappa shape index (κ1) is 24.8. The number of rotatable bonds is 9. The van der Waals surface area contributed by atoms with Crippen LogP contribution < -0.4 is 10.5 Å². The second-order valence-electron chi connectivity index (χ2n) is 10.5. The van der Waals surface area contributed by atoms with Crippen LogP contribution in [-0.4, -0.2) is 66.7 Å². The van der Waals surface area contributed by atoms with Crippen LogP contribution >= 0.6 is 0 Å². The lowest BCUT2D eigenvalue weighted by atomic mass is 10.0. The van der Waals surface area contributed by atoms with E-state index in [1.165, 1.54) is 43.5 Å². The maximum absolute atomic E-state index is 11.7. The van der Waals surface area contributed by atoms with Gasteiger partial charge in [-0.1, -0.05) is 24.6 Å². The fourth-order valence-electron chi connectivity index (χ4n) is 5.97. The van der Waals surface area contributed by atoms with Gasteiger partial charge in [-0.2, -0.15) is 0 Å². The molecule has 0 spiro atoms. The summed E-state index contributed by atoms with van der Waals surface area (Å²) in [6.07, 6.45) is 10.6. The van der Waals surface area contributed by atoms with Crippen LogP contribution in [0.1, 0.15) is 59.6 Å². The number of likely N-dealkylation sites (tertiary alicyclic amines) is 2. The number of primary amides is 1. The van der Waals surface area contributed by atoms with Gasteiger partial charge in [0.1, 0.15) is 5.75 Å². The molecule has 2 saturated heterocycles. The zero-order chi connectivity index (χ0) is 24.9. The van der Waals surface area contributed by atoms with Gasteiger partial charge in [0.2, 0.25) is 5.91 Å². The van der Waals surface area contributed by atoms with Gasteiger partial charge in [0.05, 0.1) is 7.11 Å². The number of hydrogen-bond acceptors (Lipinski definition) is 4. The quantitative estimate of drug-likeness (QED) is 0.476. The number of fused-ring (bicyclic) bond motifs is 1. The normalized spacial score (nSPS) is 18.0. The van der Waals surface area contributed by atoms with Gasteiger partial charge in [-0.3, -0.25) is 4.79 Å². The molecule has 2 N–H and O–H groups in total. The molecular weight excluding hydrogens is 448 g/mol. The number of hydrogen-bond donors (Lipinski definition) is 1. The first-order valence-electron chi connectivity index (χ1n) is 13.6. The number of amides is 1. The van der Waals surface area contributed by atoms with Gasteiger partial charge in [-0.05, 0) is 92.4 Å². The van der Waals surface area contributed by atoms with Crippen molar-refractivity contribution in [2.75, 3.05) is 46.4 Å². The van der Waals surface area contributed by atoms with E-state index in [9.17, 15) is 4.79 Å². The first-order chi connectivity index (χ1) is 17.6. The van der Waals surface area contributed by atoms with Crippen molar-refractivity contribution in [2.24, 2.45) is 5.73 Å². The van der Waals surface area contributed by atoms with E-state index in [1.807, 2.05) is 18.2 Å². The van der Waals surface area contributed by atoms with Crippen molar-refractivity contribution in [2.45, 2.75) is 51.0 Å². The third kappa shape index (κ3) is 5.76. The van der Waals surface area contributed by atoms with Gasteiger partial charge in [0, 0.05) is 49.5 Å². The Hall–Kier alpha value is -2.83. The van der Waals surface area contributed by atoms with Crippen molar-refractivity contribution in [3.05, 3.63) is 65.4 Å². The van der Waals surface area contributed by atoms with E-state index < -0.39 is 0 Å². The average molecular weight is 489 g/mol. The highest BCUT2D eigenvalue weighted by Crippen LogP contribution is 2.29. The molecule has 192 valence electrons. The van der Waals surface area contributed by atoms with E-state index in [2.05, 4.69) is 44.8 Å². The Bertz CT molecular complexity index is 1170. The maximum Gasteiger partial charge on any atom is 0.248 e. The molecule has 0 radical (unpaired) electrons. The lowest BCUT2D eigenvalue weighted by molar-refractivity contribution is 0.100. The Morgan fingerprint density at radius 3 is 2.42 bits per heavy atom. The molecule has 0 unspecified atom stereocenters. The van der Waals surface area contributed by atoms with Crippen molar-refractivity contribution in [3.8, 4) is 5.75 Å². The lowest BCUT2D eigenvalue weighted by Crippen LogP contribution is -2.35. The third-order valence-electron chi connectivity index (χ3n) is 8.17. The standard InChI is InChI=1S/C30H40N4O2/c1-36-29-8-5-23(9-16-32-14-3-2-4-15-32)21-25(29)10-17-33-18-12-27(13-19-33)34-20-11-24-6-7-26(30(31)35)22-28(24)34/h5-8,11,20-22,27H,2-4,9-10,12-19H2,1H3,(H2,31,35). The predicted octanol–water partition coefficient (Wildman–Crippen LogP) is 4.66. The Morgan fingerprint density at radius 1 is 0.917 bits per heavy atom. The molecule has 36 heavy (non-hydrogen) atoms. The zero-order valence-corrected chi connectivity index (χ0v) is 21.6. The van der Waals surface area contributed by atoms with Crippen molar-refractivity contribution < 1.29 is 9.53 Å². The average Bonchev–Trinajstić information content (AvgIpc) is 3.35. The molecule has 0 aliphatic carbocycles. The summed E-state index contributed by atoms with van der Waals surface area (Å²) in [6, 6.07) is 15.1. The smallest absolute Gasteiger partial charge is 0.248 e. The van der Waals surface area contributed by atoms with E-state index in [0.717, 1.165) is 68.5 Å². The molecule has 2 aliphatic rings. The summed E-state index contributed by atoms with van der Waals surface area (Å²) in [4.78, 5) is 16.8. The van der Waals surface area contributed by atoms with E-state index >= 15 is 0 Å². The van der Waals surface area contributed by atoms with Crippen LogP contribution in [0.5, 0.6) is 5.75 Å². The summed E-state index contributed by atoms with van der Waals surface area (Å²) in [5.41, 5.74) is 9.95. The molecule has 1 amide bonds. The molecule has 3 aromatic rings. The lowest BCUT2D eigenvalue weighted by Gasteiger charge is -2.33. The summed E-state index contributed by atoms with van der Waals surface area (Å²) in [7, 11) is 1.78. The van der Waals surface area contributed by atoms with Crippen molar-refractivity contribution >= 4 is 16.8 Å². The molecule has 2 fully saturated rings. The molecule has 3 heterocycles. The number of ether oxygens (including phenoxy) is 1. The van der Waals surface area contributed by atoms with E-state index in [-0.39, 0.29) is 5.91 Å². The Labute approximate surface area is 215 Å². The molecular formula is C30H40N4O2. The molecule has 0 bridgehead atoms. The van der Waals surface area contributed by atoms with Gasteiger partial charge in [-0.15, -0.1) is 0 Å². The van der Waals surface area contributed by atoms with Crippen LogP contribution in [-0.2, 0) is 12.8 Å². The second-order valence-corrected chi connectivity index (χ2v) is 10.5. The summed E-state index contributed by atoms with van der Waals surface area (Å²) in [6.45, 7) is 6.88. The fourth-order valence-corrected chi connectivity index (χ4v) is 5.97. The number of piperidine rings is 2. The topological polar surface area (TPSA) is 63.7 Å². The van der Waals surface area contributed by atoms with Gasteiger partial charge in [0.15, 0.2) is 0 Å². The molecule has 6 nitrogen and oxygen atoms in total. The van der Waals surface area contributed by atoms with Crippen LogP contribution in [0.3, 0.4) is 0 Å². The molecule has 2 aromatic carbocycles. The largest absolute Gasteiger partial charge is 0.496 e.